The monoisotopic (exact) mass is 371 g/mol. The minimum Gasteiger partial charge on any atom is -0.358 e. The Morgan fingerprint density at radius 1 is 1.15 bits per heavy atom. The van der Waals surface area contributed by atoms with Gasteiger partial charge in [-0.2, -0.15) is 0 Å². The predicted octanol–water partition coefficient (Wildman–Crippen LogP) is 2.99. The van der Waals surface area contributed by atoms with Crippen molar-refractivity contribution in [2.75, 3.05) is 20.1 Å². The molecule has 0 aromatic heterocycles. The first-order valence-electron chi connectivity index (χ1n) is 9.15. The highest BCUT2D eigenvalue weighted by molar-refractivity contribution is 6.30. The van der Waals surface area contributed by atoms with Gasteiger partial charge in [0.1, 0.15) is 0 Å². The first-order valence-corrected chi connectivity index (χ1v) is 9.53. The van der Waals surface area contributed by atoms with Crippen molar-refractivity contribution in [1.29, 1.82) is 0 Å². The van der Waals surface area contributed by atoms with Crippen molar-refractivity contribution in [3.05, 3.63) is 70.2 Å². The summed E-state index contributed by atoms with van der Waals surface area (Å²) in [6.07, 6.45) is 1.79. The fourth-order valence-corrected chi connectivity index (χ4v) is 3.61. The van der Waals surface area contributed by atoms with Gasteiger partial charge in [-0.25, -0.2) is 0 Å². The molecule has 2 aromatic carbocycles. The minimum atomic E-state index is -0.0776. The number of carbonyl (C=O) groups is 1. The third kappa shape index (κ3) is 4.85. The van der Waals surface area contributed by atoms with Crippen LogP contribution >= 0.6 is 11.6 Å². The first-order chi connectivity index (χ1) is 12.7. The summed E-state index contributed by atoms with van der Waals surface area (Å²) < 4.78 is 0. The number of nitrogens with zero attached hydrogens (tertiary/aromatic N) is 1. The Morgan fingerprint density at radius 2 is 1.88 bits per heavy atom. The number of fused-ring (bicyclic) bond motifs is 1. The van der Waals surface area contributed by atoms with Crippen molar-refractivity contribution in [2.45, 2.75) is 32.0 Å². The van der Waals surface area contributed by atoms with Gasteiger partial charge in [-0.05, 0) is 48.2 Å². The van der Waals surface area contributed by atoms with E-state index in [0.29, 0.717) is 0 Å². The Bertz CT molecular complexity index is 732. The normalized spacial score (nSPS) is 16.9. The standard InChI is InChI=1S/C21H26ClN3O/c1-23-21(26)20-13-17-5-2-3-6-18(17)15-25(20)12-4-11-24-14-16-7-9-19(22)10-8-16/h2-3,5-10,20,24H,4,11-15H2,1H3,(H,23,26)/t20-/m0/s1. The highest BCUT2D eigenvalue weighted by Crippen LogP contribution is 2.23. The van der Waals surface area contributed by atoms with Gasteiger partial charge in [0.2, 0.25) is 5.91 Å². The molecule has 0 bridgehead atoms. The van der Waals surface area contributed by atoms with Crippen LogP contribution in [0.1, 0.15) is 23.1 Å². The molecule has 1 aliphatic heterocycles. The van der Waals surface area contributed by atoms with Crippen molar-refractivity contribution in [2.24, 2.45) is 0 Å². The zero-order valence-corrected chi connectivity index (χ0v) is 15.9. The van der Waals surface area contributed by atoms with Crippen LogP contribution in [0.4, 0.5) is 0 Å². The summed E-state index contributed by atoms with van der Waals surface area (Å²) in [4.78, 5) is 14.6. The molecule has 0 unspecified atom stereocenters. The molecule has 0 fully saturated rings. The molecule has 0 saturated carbocycles. The van der Waals surface area contributed by atoms with Gasteiger partial charge in [-0.1, -0.05) is 48.0 Å². The topological polar surface area (TPSA) is 44.4 Å². The molecule has 0 aliphatic carbocycles. The lowest BCUT2D eigenvalue weighted by molar-refractivity contribution is -0.126. The first kappa shape index (κ1) is 18.9. The van der Waals surface area contributed by atoms with E-state index < -0.39 is 0 Å². The van der Waals surface area contributed by atoms with Gasteiger partial charge >= 0.3 is 0 Å². The van der Waals surface area contributed by atoms with Crippen molar-refractivity contribution >= 4 is 17.5 Å². The smallest absolute Gasteiger partial charge is 0.237 e. The number of amides is 1. The van der Waals surface area contributed by atoms with E-state index in [-0.39, 0.29) is 11.9 Å². The number of likely N-dealkylation sites (N-methyl/N-ethyl adjacent to an activating group) is 1. The minimum absolute atomic E-state index is 0.0776. The van der Waals surface area contributed by atoms with E-state index in [9.17, 15) is 4.79 Å². The van der Waals surface area contributed by atoms with Crippen molar-refractivity contribution in [3.63, 3.8) is 0 Å². The molecule has 1 atom stereocenters. The average Bonchev–Trinajstić information content (AvgIpc) is 2.68. The maximum Gasteiger partial charge on any atom is 0.237 e. The second kappa shape index (κ2) is 9.17. The highest BCUT2D eigenvalue weighted by Gasteiger charge is 2.30. The molecular weight excluding hydrogens is 346 g/mol. The lowest BCUT2D eigenvalue weighted by Crippen LogP contribution is -2.50. The van der Waals surface area contributed by atoms with E-state index in [1.807, 2.05) is 24.3 Å². The number of hydrogen-bond acceptors (Lipinski definition) is 3. The van der Waals surface area contributed by atoms with Gasteiger partial charge in [-0.3, -0.25) is 9.69 Å². The largest absolute Gasteiger partial charge is 0.358 e. The van der Waals surface area contributed by atoms with Crippen LogP contribution < -0.4 is 10.6 Å². The van der Waals surface area contributed by atoms with Gasteiger partial charge in [0.05, 0.1) is 6.04 Å². The van der Waals surface area contributed by atoms with E-state index in [4.69, 9.17) is 11.6 Å². The summed E-state index contributed by atoms with van der Waals surface area (Å²) in [5, 5.41) is 7.05. The number of carbonyl (C=O) groups excluding carboxylic acids is 1. The van der Waals surface area contributed by atoms with Crippen LogP contribution in [0.2, 0.25) is 5.02 Å². The molecule has 5 heteroatoms. The molecule has 0 spiro atoms. The van der Waals surface area contributed by atoms with E-state index in [1.54, 1.807) is 7.05 Å². The Kier molecular flexibility index (Phi) is 6.67. The summed E-state index contributed by atoms with van der Waals surface area (Å²) in [6, 6.07) is 16.3. The second-order valence-electron chi connectivity index (χ2n) is 6.73. The van der Waals surface area contributed by atoms with Crippen LogP contribution in [-0.4, -0.2) is 37.0 Å². The summed E-state index contributed by atoms with van der Waals surface area (Å²) in [6.45, 7) is 3.49. The number of halogens is 1. The SMILES string of the molecule is CNC(=O)[C@@H]1Cc2ccccc2CN1CCCNCc1ccc(Cl)cc1. The maximum atomic E-state index is 12.3. The average molecular weight is 372 g/mol. The van der Waals surface area contributed by atoms with Gasteiger partial charge in [0.15, 0.2) is 0 Å². The number of hydrogen-bond donors (Lipinski definition) is 2. The number of rotatable bonds is 7. The molecule has 26 heavy (non-hydrogen) atoms. The third-order valence-corrected chi connectivity index (χ3v) is 5.19. The number of benzene rings is 2. The van der Waals surface area contributed by atoms with Crippen molar-refractivity contribution < 1.29 is 4.79 Å². The molecule has 2 N–H and O–H groups in total. The third-order valence-electron chi connectivity index (χ3n) is 4.94. The molecular formula is C21H26ClN3O. The quantitative estimate of drug-likeness (QED) is 0.735. The molecule has 1 heterocycles. The van der Waals surface area contributed by atoms with Gasteiger partial charge in [-0.15, -0.1) is 0 Å². The van der Waals surface area contributed by atoms with Crippen LogP contribution in [0.5, 0.6) is 0 Å². The van der Waals surface area contributed by atoms with Crippen molar-refractivity contribution in [3.8, 4) is 0 Å². The van der Waals surface area contributed by atoms with Crippen LogP contribution in [-0.2, 0) is 24.3 Å². The van der Waals surface area contributed by atoms with Gasteiger partial charge < -0.3 is 10.6 Å². The van der Waals surface area contributed by atoms with Crippen LogP contribution in [0.3, 0.4) is 0 Å². The fourth-order valence-electron chi connectivity index (χ4n) is 3.48. The molecule has 4 nitrogen and oxygen atoms in total. The zero-order chi connectivity index (χ0) is 18.4. The summed E-state index contributed by atoms with van der Waals surface area (Å²) >= 11 is 5.91. The highest BCUT2D eigenvalue weighted by atomic mass is 35.5. The Morgan fingerprint density at radius 3 is 2.62 bits per heavy atom. The lowest BCUT2D eigenvalue weighted by atomic mass is 9.93. The second-order valence-corrected chi connectivity index (χ2v) is 7.17. The van der Waals surface area contributed by atoms with E-state index >= 15 is 0 Å². The predicted molar refractivity (Wildman–Crippen MR) is 106 cm³/mol. The van der Waals surface area contributed by atoms with E-state index in [0.717, 1.165) is 44.0 Å². The van der Waals surface area contributed by atoms with E-state index in [2.05, 4.69) is 39.8 Å². The maximum absolute atomic E-state index is 12.3. The molecule has 1 amide bonds. The summed E-state index contributed by atoms with van der Waals surface area (Å²) in [5.74, 6) is 0.105. The van der Waals surface area contributed by atoms with Crippen LogP contribution in [0.25, 0.3) is 0 Å². The molecule has 138 valence electrons. The lowest BCUT2D eigenvalue weighted by Gasteiger charge is -2.35. The fraction of sp³-hybridized carbons (Fsp3) is 0.381. The van der Waals surface area contributed by atoms with Crippen LogP contribution in [0.15, 0.2) is 48.5 Å². The van der Waals surface area contributed by atoms with Crippen LogP contribution in [0, 0.1) is 0 Å². The molecule has 3 rings (SSSR count). The van der Waals surface area contributed by atoms with E-state index in [1.165, 1.54) is 16.7 Å². The Balaban J connectivity index is 1.50. The Labute approximate surface area is 160 Å². The number of nitrogens with one attached hydrogen (secondary N) is 2. The summed E-state index contributed by atoms with van der Waals surface area (Å²) in [7, 11) is 1.72. The molecule has 0 saturated heterocycles. The molecule has 2 aromatic rings. The van der Waals surface area contributed by atoms with Gasteiger partial charge in [0.25, 0.3) is 0 Å². The Hall–Kier alpha value is -1.88. The molecule has 1 aliphatic rings. The van der Waals surface area contributed by atoms with Gasteiger partial charge in [0, 0.05) is 31.7 Å². The zero-order valence-electron chi connectivity index (χ0n) is 15.2. The summed E-state index contributed by atoms with van der Waals surface area (Å²) in [5.41, 5.74) is 3.85. The van der Waals surface area contributed by atoms with Crippen molar-refractivity contribution in [1.82, 2.24) is 15.5 Å². The molecule has 0 radical (unpaired) electrons.